The molecule has 0 aliphatic carbocycles. The molecule has 1 aromatic carbocycles. The summed E-state index contributed by atoms with van der Waals surface area (Å²) in [6, 6.07) is 3.34. The van der Waals surface area contributed by atoms with E-state index in [-0.39, 0.29) is 12.4 Å². The van der Waals surface area contributed by atoms with Gasteiger partial charge in [0.15, 0.2) is 5.78 Å². The maximum atomic E-state index is 11.0. The Morgan fingerprint density at radius 3 is 3.00 bits per heavy atom. The topological polar surface area (TPSA) is 52.3 Å². The number of nitrogens with two attached hydrogens (primary N) is 1. The van der Waals surface area contributed by atoms with E-state index in [0.29, 0.717) is 22.9 Å². The first kappa shape index (κ1) is 8.38. The number of ether oxygens (including phenoxy) is 1. The second-order valence-electron chi connectivity index (χ2n) is 2.99. The van der Waals surface area contributed by atoms with Gasteiger partial charge in [-0.15, -0.1) is 0 Å². The largest absolute Gasteiger partial charge is 0.485 e. The van der Waals surface area contributed by atoms with Crippen LogP contribution in [0, 0.1) is 0 Å². The van der Waals surface area contributed by atoms with Crippen LogP contribution in [0.15, 0.2) is 12.1 Å². The molecule has 0 atom stereocenters. The van der Waals surface area contributed by atoms with Crippen molar-refractivity contribution in [2.24, 2.45) is 0 Å². The zero-order chi connectivity index (χ0) is 9.42. The Kier molecular flexibility index (Phi) is 1.88. The van der Waals surface area contributed by atoms with Gasteiger partial charge in [-0.05, 0) is 6.07 Å². The van der Waals surface area contributed by atoms with Crippen LogP contribution in [0.5, 0.6) is 5.75 Å². The van der Waals surface area contributed by atoms with E-state index in [0.717, 1.165) is 5.56 Å². The van der Waals surface area contributed by atoms with Gasteiger partial charge in [0.05, 0.1) is 10.7 Å². The van der Waals surface area contributed by atoms with Crippen molar-refractivity contribution in [2.75, 3.05) is 12.3 Å². The fourth-order valence-electron chi connectivity index (χ4n) is 1.30. The maximum Gasteiger partial charge on any atom is 0.174 e. The molecule has 1 aromatic rings. The highest BCUT2D eigenvalue weighted by Gasteiger charge is 2.17. The average Bonchev–Trinajstić information content (AvgIpc) is 2.08. The summed E-state index contributed by atoms with van der Waals surface area (Å²) in [5, 5.41) is 0.469. The van der Waals surface area contributed by atoms with Gasteiger partial charge in [-0.3, -0.25) is 4.79 Å². The van der Waals surface area contributed by atoms with Crippen LogP contribution in [-0.2, 0) is 11.2 Å². The van der Waals surface area contributed by atoms with E-state index in [1.54, 1.807) is 12.1 Å². The van der Waals surface area contributed by atoms with Crippen molar-refractivity contribution in [1.29, 1.82) is 0 Å². The lowest BCUT2D eigenvalue weighted by Crippen LogP contribution is -2.20. The normalized spacial score (nSPS) is 15.0. The first-order valence-electron chi connectivity index (χ1n) is 3.89. The molecule has 0 bridgehead atoms. The molecule has 0 saturated carbocycles. The third-order valence-electron chi connectivity index (χ3n) is 1.96. The SMILES string of the molecule is Nc1cc2c(cc1Cl)CC(=O)CO2. The Morgan fingerprint density at radius 1 is 1.46 bits per heavy atom. The van der Waals surface area contributed by atoms with Crippen LogP contribution < -0.4 is 10.5 Å². The van der Waals surface area contributed by atoms with E-state index in [1.807, 2.05) is 0 Å². The lowest BCUT2D eigenvalue weighted by Gasteiger charge is -2.17. The number of carbonyl (C=O) groups excluding carboxylic acids is 1. The minimum absolute atomic E-state index is 0.0633. The number of carbonyl (C=O) groups is 1. The molecule has 1 aliphatic heterocycles. The molecule has 2 rings (SSSR count). The molecule has 0 radical (unpaired) electrons. The van der Waals surface area contributed by atoms with Crippen LogP contribution in [0.4, 0.5) is 5.69 Å². The molecule has 0 saturated heterocycles. The second kappa shape index (κ2) is 2.92. The molecule has 68 valence electrons. The van der Waals surface area contributed by atoms with Gasteiger partial charge in [0.1, 0.15) is 12.4 Å². The van der Waals surface area contributed by atoms with Crippen LogP contribution in [0.1, 0.15) is 5.56 Å². The Bertz CT molecular complexity index is 376. The molecule has 0 unspecified atom stereocenters. The molecule has 1 heterocycles. The van der Waals surface area contributed by atoms with Gasteiger partial charge in [0, 0.05) is 18.1 Å². The summed E-state index contributed by atoms with van der Waals surface area (Å²) in [6.07, 6.45) is 0.384. The number of rotatable bonds is 0. The average molecular weight is 198 g/mol. The summed E-state index contributed by atoms with van der Waals surface area (Å²) in [7, 11) is 0. The summed E-state index contributed by atoms with van der Waals surface area (Å²) in [5.41, 5.74) is 6.88. The third-order valence-corrected chi connectivity index (χ3v) is 2.28. The standard InChI is InChI=1S/C9H8ClNO2/c10-7-2-5-1-6(12)4-13-9(5)3-8(7)11/h2-3H,1,4,11H2. The highest BCUT2D eigenvalue weighted by Crippen LogP contribution is 2.31. The molecular weight excluding hydrogens is 190 g/mol. The summed E-state index contributed by atoms with van der Waals surface area (Å²) >= 11 is 5.80. The van der Waals surface area contributed by atoms with Crippen molar-refractivity contribution in [3.63, 3.8) is 0 Å². The van der Waals surface area contributed by atoms with Crippen molar-refractivity contribution in [3.05, 3.63) is 22.7 Å². The molecule has 1 aliphatic rings. The van der Waals surface area contributed by atoms with E-state index < -0.39 is 0 Å². The van der Waals surface area contributed by atoms with E-state index in [1.165, 1.54) is 0 Å². The van der Waals surface area contributed by atoms with Crippen molar-refractivity contribution >= 4 is 23.1 Å². The molecular formula is C9H8ClNO2. The van der Waals surface area contributed by atoms with Gasteiger partial charge in [0.25, 0.3) is 0 Å². The summed E-state index contributed by atoms with van der Waals surface area (Å²) in [6.45, 7) is 0.133. The highest BCUT2D eigenvalue weighted by molar-refractivity contribution is 6.33. The predicted molar refractivity (Wildman–Crippen MR) is 50.1 cm³/mol. The van der Waals surface area contributed by atoms with Crippen LogP contribution >= 0.6 is 11.6 Å². The summed E-state index contributed by atoms with van der Waals surface area (Å²) in [4.78, 5) is 11.0. The zero-order valence-electron chi connectivity index (χ0n) is 6.84. The minimum atomic E-state index is 0.0633. The lowest BCUT2D eigenvalue weighted by molar-refractivity contribution is -0.121. The first-order chi connectivity index (χ1) is 6.16. The number of hydrogen-bond donors (Lipinski definition) is 1. The Balaban J connectivity index is 2.49. The monoisotopic (exact) mass is 197 g/mol. The molecule has 0 fully saturated rings. The van der Waals surface area contributed by atoms with Gasteiger partial charge in [-0.25, -0.2) is 0 Å². The second-order valence-corrected chi connectivity index (χ2v) is 3.39. The van der Waals surface area contributed by atoms with E-state index in [9.17, 15) is 4.79 Å². The molecule has 0 aromatic heterocycles. The number of nitrogen functional groups attached to an aromatic ring is 1. The van der Waals surface area contributed by atoms with Gasteiger partial charge in [0.2, 0.25) is 0 Å². The van der Waals surface area contributed by atoms with Crippen LogP contribution in [0.3, 0.4) is 0 Å². The van der Waals surface area contributed by atoms with Crippen molar-refractivity contribution in [3.8, 4) is 5.75 Å². The first-order valence-corrected chi connectivity index (χ1v) is 4.27. The smallest absolute Gasteiger partial charge is 0.174 e. The number of hydrogen-bond acceptors (Lipinski definition) is 3. The van der Waals surface area contributed by atoms with E-state index >= 15 is 0 Å². The van der Waals surface area contributed by atoms with Gasteiger partial charge < -0.3 is 10.5 Å². The van der Waals surface area contributed by atoms with Crippen LogP contribution in [0.25, 0.3) is 0 Å². The Hall–Kier alpha value is -1.22. The minimum Gasteiger partial charge on any atom is -0.485 e. The van der Waals surface area contributed by atoms with Gasteiger partial charge in [-0.1, -0.05) is 11.6 Å². The van der Waals surface area contributed by atoms with Gasteiger partial charge in [-0.2, -0.15) is 0 Å². The number of ketones is 1. The third kappa shape index (κ3) is 1.47. The molecule has 13 heavy (non-hydrogen) atoms. The van der Waals surface area contributed by atoms with Gasteiger partial charge >= 0.3 is 0 Å². The van der Waals surface area contributed by atoms with E-state index in [2.05, 4.69) is 0 Å². The molecule has 0 spiro atoms. The predicted octanol–water partition coefficient (Wildman–Crippen LogP) is 1.43. The quantitative estimate of drug-likeness (QED) is 0.640. The van der Waals surface area contributed by atoms with Crippen molar-refractivity contribution in [2.45, 2.75) is 6.42 Å². The Morgan fingerprint density at radius 2 is 2.23 bits per heavy atom. The number of benzene rings is 1. The number of halogens is 1. The number of anilines is 1. The van der Waals surface area contributed by atoms with Crippen LogP contribution in [0.2, 0.25) is 5.02 Å². The lowest BCUT2D eigenvalue weighted by atomic mass is 10.1. The summed E-state index contributed by atoms with van der Waals surface area (Å²) in [5.74, 6) is 0.731. The fraction of sp³-hybridized carbons (Fsp3) is 0.222. The highest BCUT2D eigenvalue weighted by atomic mass is 35.5. The van der Waals surface area contributed by atoms with E-state index in [4.69, 9.17) is 22.1 Å². The van der Waals surface area contributed by atoms with Crippen LogP contribution in [-0.4, -0.2) is 12.4 Å². The fourth-order valence-corrected chi connectivity index (χ4v) is 1.49. The number of fused-ring (bicyclic) bond motifs is 1. The zero-order valence-corrected chi connectivity index (χ0v) is 7.60. The molecule has 2 N–H and O–H groups in total. The Labute approximate surface area is 80.4 Å². The molecule has 3 nitrogen and oxygen atoms in total. The maximum absolute atomic E-state index is 11.0. The number of Topliss-reactive ketones (excluding diaryl/α,β-unsaturated/α-hetero) is 1. The van der Waals surface area contributed by atoms with Crippen molar-refractivity contribution in [1.82, 2.24) is 0 Å². The molecule has 0 amide bonds. The molecule has 4 heteroatoms. The summed E-state index contributed by atoms with van der Waals surface area (Å²) < 4.78 is 5.18. The van der Waals surface area contributed by atoms with Crippen molar-refractivity contribution < 1.29 is 9.53 Å².